The topological polar surface area (TPSA) is 146 Å². The molecule has 9 nitrogen and oxygen atoms in total. The van der Waals surface area contributed by atoms with E-state index in [4.69, 9.17) is 16.3 Å². The summed E-state index contributed by atoms with van der Waals surface area (Å²) in [6.07, 6.45) is 0. The molecule has 2 N–H and O–H groups in total. The smallest absolute Gasteiger partial charge is 0.332 e. The van der Waals surface area contributed by atoms with Gasteiger partial charge in [0.15, 0.2) is 0 Å². The summed E-state index contributed by atoms with van der Waals surface area (Å²) in [6, 6.07) is 3.61. The van der Waals surface area contributed by atoms with E-state index in [1.54, 1.807) is 0 Å². The van der Waals surface area contributed by atoms with Gasteiger partial charge in [0, 0.05) is 0 Å². The molecule has 1 heterocycles. The van der Waals surface area contributed by atoms with Crippen molar-refractivity contribution in [2.45, 2.75) is 6.92 Å². The van der Waals surface area contributed by atoms with Gasteiger partial charge < -0.3 is 10.6 Å². The Morgan fingerprint density at radius 1 is 1.39 bits per heavy atom. The molecule has 92 valence electrons. The third-order valence-electron chi connectivity index (χ3n) is 2.06. The Hall–Kier alpha value is -2.94. The molecule has 0 aliphatic carbocycles. The van der Waals surface area contributed by atoms with E-state index in [2.05, 4.69) is 9.97 Å². The van der Waals surface area contributed by atoms with Crippen LogP contribution in [0.5, 0.6) is 0 Å². The second-order valence-corrected chi connectivity index (χ2v) is 3.27. The lowest BCUT2D eigenvalue weighted by atomic mass is 10.3. The number of nitro groups is 1. The molecule has 0 fully saturated rings. The Labute approximate surface area is 102 Å². The van der Waals surface area contributed by atoms with E-state index >= 15 is 0 Å². The van der Waals surface area contributed by atoms with Crippen molar-refractivity contribution >= 4 is 17.5 Å². The van der Waals surface area contributed by atoms with Gasteiger partial charge in [0.05, 0.1) is 17.1 Å². The van der Waals surface area contributed by atoms with Crippen LogP contribution in [0.15, 0.2) is 0 Å². The summed E-state index contributed by atoms with van der Waals surface area (Å²) in [5.74, 6) is -0.262. The first-order valence-corrected chi connectivity index (χ1v) is 4.78. The van der Waals surface area contributed by atoms with Crippen LogP contribution in [0, 0.1) is 39.7 Å². The summed E-state index contributed by atoms with van der Waals surface area (Å²) in [7, 11) is 0. The highest BCUT2D eigenvalue weighted by Gasteiger charge is 2.25. The van der Waals surface area contributed by atoms with Gasteiger partial charge in [-0.25, -0.2) is 4.98 Å². The predicted molar refractivity (Wildman–Crippen MR) is 61.3 cm³/mol. The molecule has 0 saturated heterocycles. The summed E-state index contributed by atoms with van der Waals surface area (Å²) >= 11 is 0. The molecule has 1 rings (SSSR count). The van der Waals surface area contributed by atoms with Gasteiger partial charge >= 0.3 is 5.69 Å². The molecule has 0 aromatic carbocycles. The van der Waals surface area contributed by atoms with Crippen LogP contribution in [0.2, 0.25) is 0 Å². The van der Waals surface area contributed by atoms with Crippen molar-refractivity contribution in [3.63, 3.8) is 0 Å². The van der Waals surface area contributed by atoms with Gasteiger partial charge in [0.1, 0.15) is 18.8 Å². The van der Waals surface area contributed by atoms with Gasteiger partial charge in [-0.1, -0.05) is 0 Å². The Morgan fingerprint density at radius 2 is 1.94 bits per heavy atom. The van der Waals surface area contributed by atoms with Crippen molar-refractivity contribution in [2.75, 3.05) is 23.7 Å². The fourth-order valence-corrected chi connectivity index (χ4v) is 1.38. The zero-order valence-electron chi connectivity index (χ0n) is 9.49. The monoisotopic (exact) mass is 247 g/mol. The van der Waals surface area contributed by atoms with Crippen LogP contribution in [-0.2, 0) is 0 Å². The maximum absolute atomic E-state index is 11.0. The molecule has 0 radical (unpaired) electrons. The molecule has 0 spiro atoms. The second kappa shape index (κ2) is 5.41. The SMILES string of the molecule is Cc1nc(N)nc(N(CC#N)CC#N)c1[N+](=O)[O-]. The lowest BCUT2D eigenvalue weighted by Crippen LogP contribution is -2.26. The van der Waals surface area contributed by atoms with Crippen molar-refractivity contribution in [3.05, 3.63) is 15.8 Å². The van der Waals surface area contributed by atoms with Crippen LogP contribution in [0.4, 0.5) is 17.5 Å². The van der Waals surface area contributed by atoms with Crippen molar-refractivity contribution in [1.29, 1.82) is 10.5 Å². The Bertz CT molecular complexity index is 541. The average Bonchev–Trinajstić information content (AvgIpc) is 2.26. The quantitative estimate of drug-likeness (QED) is 0.448. The number of nitrogen functional groups attached to an aromatic ring is 1. The summed E-state index contributed by atoms with van der Waals surface area (Å²) < 4.78 is 0. The summed E-state index contributed by atoms with van der Waals surface area (Å²) in [5, 5.41) is 28.3. The van der Waals surface area contributed by atoms with Crippen molar-refractivity contribution in [3.8, 4) is 12.1 Å². The molecule has 0 unspecified atom stereocenters. The van der Waals surface area contributed by atoms with E-state index in [1.165, 1.54) is 11.8 Å². The first kappa shape index (κ1) is 13.1. The maximum atomic E-state index is 11.0. The fourth-order valence-electron chi connectivity index (χ4n) is 1.38. The number of nitriles is 2. The number of aromatic nitrogens is 2. The number of nitrogens with zero attached hydrogens (tertiary/aromatic N) is 6. The molecule has 0 saturated carbocycles. The minimum absolute atomic E-state index is 0.0865. The van der Waals surface area contributed by atoms with Gasteiger partial charge in [-0.05, 0) is 6.92 Å². The molecular weight excluding hydrogens is 238 g/mol. The summed E-state index contributed by atoms with van der Waals surface area (Å²) in [6.45, 7) is 1.01. The molecule has 18 heavy (non-hydrogen) atoms. The fraction of sp³-hybridized carbons (Fsp3) is 0.333. The van der Waals surface area contributed by atoms with Crippen LogP contribution in [0.25, 0.3) is 0 Å². The van der Waals surface area contributed by atoms with Gasteiger partial charge in [-0.3, -0.25) is 10.1 Å². The number of aryl methyl sites for hydroxylation is 1. The van der Waals surface area contributed by atoms with E-state index in [-0.39, 0.29) is 36.2 Å². The second-order valence-electron chi connectivity index (χ2n) is 3.27. The first-order valence-electron chi connectivity index (χ1n) is 4.78. The molecule has 9 heteroatoms. The largest absolute Gasteiger partial charge is 0.368 e. The van der Waals surface area contributed by atoms with E-state index in [0.29, 0.717) is 0 Å². The van der Waals surface area contributed by atoms with E-state index < -0.39 is 4.92 Å². The molecule has 0 aliphatic heterocycles. The van der Waals surface area contributed by atoms with E-state index in [9.17, 15) is 10.1 Å². The van der Waals surface area contributed by atoms with Crippen LogP contribution < -0.4 is 10.6 Å². The lowest BCUT2D eigenvalue weighted by Gasteiger charge is -2.17. The molecule has 1 aromatic heterocycles. The molecular formula is C9H9N7O2. The third-order valence-corrected chi connectivity index (χ3v) is 2.06. The third kappa shape index (κ3) is 2.59. The minimum Gasteiger partial charge on any atom is -0.368 e. The highest BCUT2D eigenvalue weighted by molar-refractivity contribution is 5.62. The molecule has 0 atom stereocenters. The standard InChI is InChI=1S/C9H9N7O2/c1-6-7(16(17)18)8(14-9(12)13-6)15(4-2-10)5-3-11/h4-5H2,1H3,(H2,12,13,14). The number of hydrogen-bond donors (Lipinski definition) is 1. The van der Waals surface area contributed by atoms with Gasteiger partial charge in [-0.15, -0.1) is 0 Å². The number of anilines is 2. The molecule has 0 aliphatic rings. The minimum atomic E-state index is -0.661. The van der Waals surface area contributed by atoms with E-state index in [1.807, 2.05) is 12.1 Å². The lowest BCUT2D eigenvalue weighted by molar-refractivity contribution is -0.385. The zero-order valence-corrected chi connectivity index (χ0v) is 9.49. The highest BCUT2D eigenvalue weighted by atomic mass is 16.6. The van der Waals surface area contributed by atoms with Crippen LogP contribution >= 0.6 is 0 Å². The van der Waals surface area contributed by atoms with Gasteiger partial charge in [0.2, 0.25) is 11.8 Å². The normalized spacial score (nSPS) is 9.28. The molecule has 0 bridgehead atoms. The number of nitrogens with two attached hydrogens (primary N) is 1. The summed E-state index contributed by atoms with van der Waals surface area (Å²) in [4.78, 5) is 18.9. The van der Waals surface area contributed by atoms with Crippen molar-refractivity contribution in [2.24, 2.45) is 0 Å². The predicted octanol–water partition coefficient (Wildman–Crippen LogP) is 0.129. The van der Waals surface area contributed by atoms with Crippen LogP contribution in [0.1, 0.15) is 5.69 Å². The van der Waals surface area contributed by atoms with Crippen molar-refractivity contribution in [1.82, 2.24) is 9.97 Å². The number of hydrogen-bond acceptors (Lipinski definition) is 8. The summed E-state index contributed by atoms with van der Waals surface area (Å²) in [5.41, 5.74) is 5.16. The highest BCUT2D eigenvalue weighted by Crippen LogP contribution is 2.28. The first-order chi connectivity index (χ1) is 8.51. The van der Waals surface area contributed by atoms with E-state index in [0.717, 1.165) is 0 Å². The van der Waals surface area contributed by atoms with Gasteiger partial charge in [0.25, 0.3) is 0 Å². The zero-order chi connectivity index (χ0) is 13.7. The van der Waals surface area contributed by atoms with Crippen LogP contribution in [0.3, 0.4) is 0 Å². The van der Waals surface area contributed by atoms with Crippen molar-refractivity contribution < 1.29 is 4.92 Å². The Balaban J connectivity index is 3.41. The average molecular weight is 247 g/mol. The molecule has 0 amide bonds. The Kier molecular flexibility index (Phi) is 3.94. The van der Waals surface area contributed by atoms with Gasteiger partial charge in [-0.2, -0.15) is 15.5 Å². The van der Waals surface area contributed by atoms with Crippen LogP contribution in [-0.4, -0.2) is 28.0 Å². The molecule has 1 aromatic rings. The number of rotatable bonds is 4. The maximum Gasteiger partial charge on any atom is 0.332 e. The Morgan fingerprint density at radius 3 is 2.39 bits per heavy atom.